The van der Waals surface area contributed by atoms with Crippen molar-refractivity contribution in [3.8, 4) is 0 Å². The van der Waals surface area contributed by atoms with Crippen molar-refractivity contribution in [2.45, 2.75) is 112 Å². The van der Waals surface area contributed by atoms with Gasteiger partial charge in [-0.3, -0.25) is 0 Å². The normalized spacial score (nSPS) is 58.0. The van der Waals surface area contributed by atoms with E-state index in [4.69, 9.17) is 0 Å². The molecule has 0 amide bonds. The third-order valence-corrected chi connectivity index (χ3v) is 13.7. The van der Waals surface area contributed by atoms with E-state index in [1.165, 1.54) is 31.3 Å². The van der Waals surface area contributed by atoms with Gasteiger partial charge in [0.2, 0.25) is 0 Å². The maximum absolute atomic E-state index is 11.8. The van der Waals surface area contributed by atoms with Gasteiger partial charge in [-0.25, -0.2) is 0 Å². The van der Waals surface area contributed by atoms with Gasteiger partial charge < -0.3 is 15.3 Å². The molecule has 3 nitrogen and oxygen atoms in total. The highest BCUT2D eigenvalue weighted by molar-refractivity contribution is 5.23. The topological polar surface area (TPSA) is 60.7 Å². The molecule has 5 saturated carbocycles. The summed E-state index contributed by atoms with van der Waals surface area (Å²) in [6, 6.07) is 0. The zero-order valence-corrected chi connectivity index (χ0v) is 22.2. The molecular weight excluding hydrogens is 408 g/mol. The number of allylic oxidation sites excluding steroid dienone is 1. The van der Waals surface area contributed by atoms with Crippen LogP contribution in [0.3, 0.4) is 0 Å². The molecule has 3 heteroatoms. The molecule has 0 spiro atoms. The van der Waals surface area contributed by atoms with Crippen molar-refractivity contribution in [2.24, 2.45) is 56.7 Å². The van der Waals surface area contributed by atoms with Gasteiger partial charge in [-0.15, -0.1) is 0 Å². The minimum atomic E-state index is -0.435. The Morgan fingerprint density at radius 3 is 2.21 bits per heavy atom. The van der Waals surface area contributed by atoms with E-state index in [1.807, 2.05) is 0 Å². The molecule has 5 aliphatic carbocycles. The smallest absolute Gasteiger partial charge is 0.0627 e. The van der Waals surface area contributed by atoms with Gasteiger partial charge in [0.05, 0.1) is 18.8 Å². The minimum absolute atomic E-state index is 0.0279. The van der Waals surface area contributed by atoms with Crippen molar-refractivity contribution in [3.05, 3.63) is 12.2 Å². The second-order valence-corrected chi connectivity index (χ2v) is 14.6. The van der Waals surface area contributed by atoms with E-state index in [9.17, 15) is 15.3 Å². The molecule has 4 unspecified atom stereocenters. The monoisotopic (exact) mass is 458 g/mol. The van der Waals surface area contributed by atoms with Crippen LogP contribution in [0.5, 0.6) is 0 Å². The van der Waals surface area contributed by atoms with Crippen molar-refractivity contribution in [3.63, 3.8) is 0 Å². The Balaban J connectivity index is 1.58. The highest BCUT2D eigenvalue weighted by Crippen LogP contribution is 2.76. The summed E-state index contributed by atoms with van der Waals surface area (Å²) in [7, 11) is 0. The van der Waals surface area contributed by atoms with E-state index in [-0.39, 0.29) is 39.8 Å². The number of fused-ring (bicyclic) bond motifs is 7. The molecule has 5 rings (SSSR count). The van der Waals surface area contributed by atoms with Gasteiger partial charge in [-0.2, -0.15) is 0 Å². The summed E-state index contributed by atoms with van der Waals surface area (Å²) < 4.78 is 0. The van der Waals surface area contributed by atoms with E-state index in [2.05, 4.69) is 48.1 Å². The SMILES string of the molecule is C=C1CC[C@@]2(CO)C(C1C)[C@H]1CCC3[C@@]4(C)CC[C@H](O)C(C)(C)C4CC[C@@]3(C)[C@]1(C)C[C@@H]2O. The molecule has 0 saturated heterocycles. The van der Waals surface area contributed by atoms with Gasteiger partial charge >= 0.3 is 0 Å². The number of aliphatic hydroxyl groups excluding tert-OH is 3. The zero-order chi connectivity index (χ0) is 24.2. The lowest BCUT2D eigenvalue weighted by Crippen LogP contribution is -2.70. The molecule has 33 heavy (non-hydrogen) atoms. The van der Waals surface area contributed by atoms with Gasteiger partial charge in [0.15, 0.2) is 0 Å². The molecule has 0 aromatic carbocycles. The fraction of sp³-hybridized carbons (Fsp3) is 0.933. The molecule has 0 radical (unpaired) electrons. The number of hydrogen-bond donors (Lipinski definition) is 3. The van der Waals surface area contributed by atoms with Gasteiger partial charge in [-0.1, -0.05) is 53.7 Å². The van der Waals surface area contributed by atoms with Gasteiger partial charge in [0, 0.05) is 5.41 Å². The van der Waals surface area contributed by atoms with Gasteiger partial charge in [-0.05, 0) is 109 Å². The Morgan fingerprint density at radius 2 is 1.55 bits per heavy atom. The lowest BCUT2D eigenvalue weighted by molar-refractivity contribution is -0.276. The van der Waals surface area contributed by atoms with Gasteiger partial charge in [0.25, 0.3) is 0 Å². The average Bonchev–Trinajstić information content (AvgIpc) is 2.74. The fourth-order valence-electron chi connectivity index (χ4n) is 11.5. The summed E-state index contributed by atoms with van der Waals surface area (Å²) in [5, 5.41) is 33.3. The summed E-state index contributed by atoms with van der Waals surface area (Å²) in [6.45, 7) is 19.1. The summed E-state index contributed by atoms with van der Waals surface area (Å²) in [5.74, 6) is 2.41. The average molecular weight is 459 g/mol. The number of rotatable bonds is 1. The predicted molar refractivity (Wildman–Crippen MR) is 133 cm³/mol. The Labute approximate surface area is 202 Å². The van der Waals surface area contributed by atoms with Crippen LogP contribution in [0.2, 0.25) is 0 Å². The first-order valence-corrected chi connectivity index (χ1v) is 13.9. The Hall–Kier alpha value is -0.380. The van der Waals surface area contributed by atoms with E-state index in [0.29, 0.717) is 29.6 Å². The van der Waals surface area contributed by atoms with E-state index >= 15 is 0 Å². The van der Waals surface area contributed by atoms with Crippen molar-refractivity contribution in [1.82, 2.24) is 0 Å². The third-order valence-electron chi connectivity index (χ3n) is 13.7. The Kier molecular flexibility index (Phi) is 5.40. The van der Waals surface area contributed by atoms with Crippen LogP contribution in [0.4, 0.5) is 0 Å². The van der Waals surface area contributed by atoms with Crippen LogP contribution in [0.1, 0.15) is 99.3 Å². The van der Waals surface area contributed by atoms with Crippen LogP contribution in [-0.4, -0.2) is 34.1 Å². The maximum atomic E-state index is 11.8. The molecule has 5 aliphatic rings. The van der Waals surface area contributed by atoms with Crippen molar-refractivity contribution >= 4 is 0 Å². The summed E-state index contributed by atoms with van der Waals surface area (Å²) in [6.07, 6.45) is 8.91. The summed E-state index contributed by atoms with van der Waals surface area (Å²) in [4.78, 5) is 0. The lowest BCUT2D eigenvalue weighted by Gasteiger charge is -2.74. The number of hydrogen-bond acceptors (Lipinski definition) is 3. The second-order valence-electron chi connectivity index (χ2n) is 14.6. The second kappa shape index (κ2) is 7.32. The van der Waals surface area contributed by atoms with E-state index in [1.54, 1.807) is 0 Å². The lowest BCUT2D eigenvalue weighted by atomic mass is 9.31. The first kappa shape index (κ1) is 24.3. The first-order valence-electron chi connectivity index (χ1n) is 13.9. The van der Waals surface area contributed by atoms with Crippen molar-refractivity contribution in [1.29, 1.82) is 0 Å². The summed E-state index contributed by atoms with van der Waals surface area (Å²) in [5.41, 5.74) is 1.44. The Bertz CT molecular complexity index is 819. The molecule has 0 aromatic rings. The molecule has 188 valence electrons. The van der Waals surface area contributed by atoms with Gasteiger partial charge in [0.1, 0.15) is 0 Å². The van der Waals surface area contributed by atoms with Crippen LogP contribution in [-0.2, 0) is 0 Å². The Morgan fingerprint density at radius 1 is 0.848 bits per heavy atom. The third kappa shape index (κ3) is 2.80. The fourth-order valence-corrected chi connectivity index (χ4v) is 11.5. The van der Waals surface area contributed by atoms with Crippen LogP contribution in [0, 0.1) is 56.7 Å². The highest BCUT2D eigenvalue weighted by Gasteiger charge is 2.71. The molecule has 0 aromatic heterocycles. The molecule has 11 atom stereocenters. The van der Waals surface area contributed by atoms with Crippen LogP contribution in [0.15, 0.2) is 12.2 Å². The largest absolute Gasteiger partial charge is 0.396 e. The molecule has 5 fully saturated rings. The summed E-state index contributed by atoms with van der Waals surface area (Å²) >= 11 is 0. The maximum Gasteiger partial charge on any atom is 0.0627 e. The zero-order valence-electron chi connectivity index (χ0n) is 22.2. The van der Waals surface area contributed by atoms with Crippen molar-refractivity contribution < 1.29 is 15.3 Å². The quantitative estimate of drug-likeness (QED) is 0.424. The molecule has 0 bridgehead atoms. The number of aliphatic hydroxyl groups is 3. The molecule has 0 heterocycles. The van der Waals surface area contributed by atoms with E-state index < -0.39 is 6.10 Å². The predicted octanol–water partition coefficient (Wildman–Crippen LogP) is 5.97. The van der Waals surface area contributed by atoms with Crippen LogP contribution >= 0.6 is 0 Å². The van der Waals surface area contributed by atoms with Crippen molar-refractivity contribution in [2.75, 3.05) is 6.61 Å². The first-order chi connectivity index (χ1) is 15.3. The molecule has 0 aliphatic heterocycles. The van der Waals surface area contributed by atoms with Crippen LogP contribution in [0.25, 0.3) is 0 Å². The highest BCUT2D eigenvalue weighted by atomic mass is 16.3. The molecular formula is C30H50O3. The van der Waals surface area contributed by atoms with E-state index in [0.717, 1.165) is 32.1 Å². The minimum Gasteiger partial charge on any atom is -0.396 e. The standard InChI is InChI=1S/C30H50O3/c1-18-10-15-30(17-31)24(33)16-29(7)20(25(30)19(18)2)8-9-22-27(5)13-12-23(32)26(3,4)21(27)11-14-28(22,29)6/h19-25,31-33H,1,8-17H2,2-7H3/t19?,20-,21?,22?,23+,24+,25?,27+,28-,29-,30+/m1/s1. The molecule has 3 N–H and O–H groups in total. The van der Waals surface area contributed by atoms with Crippen LogP contribution < -0.4 is 0 Å².